The van der Waals surface area contributed by atoms with Crippen LogP contribution in [0.4, 0.5) is 0 Å². The minimum absolute atomic E-state index is 0.330. The SMILES string of the molecule is O=C1CC2=CCCC3CCc4ccc1c2c43. The molecule has 0 N–H and O–H groups in total. The van der Waals surface area contributed by atoms with E-state index in [1.165, 1.54) is 41.5 Å². The van der Waals surface area contributed by atoms with E-state index in [1.807, 2.05) is 0 Å². The molecule has 0 saturated carbocycles. The van der Waals surface area contributed by atoms with Crippen LogP contribution in [0, 0.1) is 0 Å². The van der Waals surface area contributed by atoms with Crippen LogP contribution in [0.2, 0.25) is 0 Å². The Bertz CT molecular complexity index is 537. The Kier molecular flexibility index (Phi) is 1.56. The number of hydrogen-bond acceptors (Lipinski definition) is 1. The van der Waals surface area contributed by atoms with Gasteiger partial charge in [-0.3, -0.25) is 4.79 Å². The van der Waals surface area contributed by atoms with Gasteiger partial charge in [-0.25, -0.2) is 0 Å². The summed E-state index contributed by atoms with van der Waals surface area (Å²) < 4.78 is 0. The predicted octanol–water partition coefficient (Wildman–Crippen LogP) is 3.48. The Labute approximate surface area is 95.2 Å². The Balaban J connectivity index is 2.10. The van der Waals surface area contributed by atoms with Crippen LogP contribution in [0.5, 0.6) is 0 Å². The largest absolute Gasteiger partial charge is 0.294 e. The number of rotatable bonds is 0. The van der Waals surface area contributed by atoms with Crippen molar-refractivity contribution in [3.8, 4) is 0 Å². The Morgan fingerprint density at radius 2 is 2.12 bits per heavy atom. The molecule has 1 nitrogen and oxygen atoms in total. The molecule has 0 spiro atoms. The molecule has 3 aliphatic carbocycles. The lowest BCUT2D eigenvalue weighted by molar-refractivity contribution is 0.100. The summed E-state index contributed by atoms with van der Waals surface area (Å²) in [5.74, 6) is 1.06. The molecule has 1 heteroatoms. The first-order valence-electron chi connectivity index (χ1n) is 6.23. The molecule has 0 heterocycles. The zero-order valence-electron chi connectivity index (χ0n) is 9.25. The van der Waals surface area contributed by atoms with Gasteiger partial charge in [0.1, 0.15) is 0 Å². The van der Waals surface area contributed by atoms with E-state index in [4.69, 9.17) is 0 Å². The Morgan fingerprint density at radius 3 is 3.06 bits per heavy atom. The molecular weight excluding hydrogens is 196 g/mol. The number of allylic oxidation sites excluding steroid dienone is 2. The van der Waals surface area contributed by atoms with E-state index in [0.29, 0.717) is 12.2 Å². The molecule has 16 heavy (non-hydrogen) atoms. The van der Waals surface area contributed by atoms with Crippen LogP contribution in [0.1, 0.15) is 58.6 Å². The van der Waals surface area contributed by atoms with Gasteiger partial charge in [-0.1, -0.05) is 18.2 Å². The van der Waals surface area contributed by atoms with Crippen LogP contribution in [-0.2, 0) is 6.42 Å². The normalized spacial score (nSPS) is 25.4. The van der Waals surface area contributed by atoms with Crippen molar-refractivity contribution in [2.45, 2.75) is 38.0 Å². The van der Waals surface area contributed by atoms with E-state index in [0.717, 1.165) is 17.9 Å². The van der Waals surface area contributed by atoms with Gasteiger partial charge in [0.25, 0.3) is 0 Å². The molecule has 0 fully saturated rings. The highest BCUT2D eigenvalue weighted by molar-refractivity contribution is 6.12. The van der Waals surface area contributed by atoms with Gasteiger partial charge in [-0.15, -0.1) is 0 Å². The van der Waals surface area contributed by atoms with Crippen molar-refractivity contribution in [2.24, 2.45) is 0 Å². The average Bonchev–Trinajstić information content (AvgIpc) is 2.76. The summed E-state index contributed by atoms with van der Waals surface area (Å²) >= 11 is 0. The summed E-state index contributed by atoms with van der Waals surface area (Å²) in [7, 11) is 0. The highest BCUT2D eigenvalue weighted by Crippen LogP contribution is 2.48. The fraction of sp³-hybridized carbons (Fsp3) is 0.400. The van der Waals surface area contributed by atoms with Crippen LogP contribution in [0.25, 0.3) is 5.57 Å². The molecule has 0 bridgehead atoms. The summed E-state index contributed by atoms with van der Waals surface area (Å²) in [4.78, 5) is 11.9. The zero-order chi connectivity index (χ0) is 10.7. The third kappa shape index (κ3) is 0.940. The van der Waals surface area contributed by atoms with Crippen molar-refractivity contribution in [3.05, 3.63) is 40.5 Å². The zero-order valence-corrected chi connectivity index (χ0v) is 9.25. The van der Waals surface area contributed by atoms with Gasteiger partial charge in [0.05, 0.1) is 0 Å². The lowest BCUT2D eigenvalue weighted by atomic mass is 9.92. The highest BCUT2D eigenvalue weighted by atomic mass is 16.1. The summed E-state index contributed by atoms with van der Waals surface area (Å²) in [5, 5.41) is 0. The predicted molar refractivity (Wildman–Crippen MR) is 63.7 cm³/mol. The molecule has 80 valence electrons. The standard InChI is InChI=1S/C15H14O/c16-13-8-11-3-1-2-9-4-5-10-6-7-12(13)15(11)14(9)10/h3,6-7,9H,1-2,4-5,8H2. The molecule has 1 aromatic carbocycles. The number of carbonyl (C=O) groups excluding carboxylic acids is 1. The monoisotopic (exact) mass is 210 g/mol. The van der Waals surface area contributed by atoms with Crippen molar-refractivity contribution < 1.29 is 4.79 Å². The van der Waals surface area contributed by atoms with Gasteiger partial charge in [0.15, 0.2) is 5.78 Å². The van der Waals surface area contributed by atoms with Crippen molar-refractivity contribution in [1.82, 2.24) is 0 Å². The molecule has 0 saturated heterocycles. The molecular formula is C15H14O. The summed E-state index contributed by atoms with van der Waals surface area (Å²) in [6.07, 6.45) is 7.90. The van der Waals surface area contributed by atoms with Gasteiger partial charge < -0.3 is 0 Å². The smallest absolute Gasteiger partial charge is 0.167 e. The van der Waals surface area contributed by atoms with Gasteiger partial charge in [0, 0.05) is 12.0 Å². The molecule has 3 aliphatic rings. The fourth-order valence-electron chi connectivity index (χ4n) is 3.68. The van der Waals surface area contributed by atoms with E-state index in [2.05, 4.69) is 18.2 Å². The molecule has 1 unspecified atom stereocenters. The van der Waals surface area contributed by atoms with Crippen LogP contribution < -0.4 is 0 Å². The van der Waals surface area contributed by atoms with E-state index in [9.17, 15) is 4.79 Å². The van der Waals surface area contributed by atoms with Crippen LogP contribution in [-0.4, -0.2) is 5.78 Å². The maximum atomic E-state index is 11.9. The first-order valence-corrected chi connectivity index (χ1v) is 6.23. The minimum Gasteiger partial charge on any atom is -0.294 e. The number of benzene rings is 1. The second-order valence-electron chi connectivity index (χ2n) is 5.20. The minimum atomic E-state index is 0.330. The number of hydrogen-bond donors (Lipinski definition) is 0. The second-order valence-corrected chi connectivity index (χ2v) is 5.20. The van der Waals surface area contributed by atoms with E-state index >= 15 is 0 Å². The van der Waals surface area contributed by atoms with E-state index < -0.39 is 0 Å². The van der Waals surface area contributed by atoms with Crippen molar-refractivity contribution in [1.29, 1.82) is 0 Å². The van der Waals surface area contributed by atoms with Gasteiger partial charge in [-0.05, 0) is 53.9 Å². The lowest BCUT2D eigenvalue weighted by Crippen LogP contribution is -1.98. The Hall–Kier alpha value is -1.37. The quantitative estimate of drug-likeness (QED) is 0.640. The molecule has 0 aromatic heterocycles. The lowest BCUT2D eigenvalue weighted by Gasteiger charge is -2.12. The summed E-state index contributed by atoms with van der Waals surface area (Å²) in [5.41, 5.74) is 6.70. The summed E-state index contributed by atoms with van der Waals surface area (Å²) in [6, 6.07) is 4.26. The fourth-order valence-corrected chi connectivity index (χ4v) is 3.68. The third-order valence-corrected chi connectivity index (χ3v) is 4.38. The molecule has 0 aliphatic heterocycles. The number of carbonyl (C=O) groups is 1. The molecule has 0 amide bonds. The van der Waals surface area contributed by atoms with Crippen molar-refractivity contribution in [2.75, 3.05) is 0 Å². The maximum absolute atomic E-state index is 11.9. The maximum Gasteiger partial charge on any atom is 0.167 e. The number of aryl methyl sites for hydroxylation is 1. The van der Waals surface area contributed by atoms with E-state index in [1.54, 1.807) is 0 Å². The van der Waals surface area contributed by atoms with Crippen LogP contribution >= 0.6 is 0 Å². The molecule has 4 rings (SSSR count). The molecule has 0 radical (unpaired) electrons. The van der Waals surface area contributed by atoms with Crippen LogP contribution in [0.15, 0.2) is 18.2 Å². The van der Waals surface area contributed by atoms with Crippen LogP contribution in [0.3, 0.4) is 0 Å². The Morgan fingerprint density at radius 1 is 1.19 bits per heavy atom. The van der Waals surface area contributed by atoms with Gasteiger partial charge in [0.2, 0.25) is 0 Å². The second kappa shape index (κ2) is 2.85. The van der Waals surface area contributed by atoms with Crippen molar-refractivity contribution in [3.63, 3.8) is 0 Å². The molecule has 1 aromatic rings. The van der Waals surface area contributed by atoms with Gasteiger partial charge in [-0.2, -0.15) is 0 Å². The van der Waals surface area contributed by atoms with Gasteiger partial charge >= 0.3 is 0 Å². The van der Waals surface area contributed by atoms with E-state index in [-0.39, 0.29) is 0 Å². The highest BCUT2D eigenvalue weighted by Gasteiger charge is 2.34. The topological polar surface area (TPSA) is 17.1 Å². The number of ketones is 1. The first-order chi connectivity index (χ1) is 7.84. The summed E-state index contributed by atoms with van der Waals surface area (Å²) in [6.45, 7) is 0. The molecule has 1 atom stereocenters. The third-order valence-electron chi connectivity index (χ3n) is 4.38. The number of Topliss-reactive ketones (excluding diaryl/α,β-unsaturated/α-hetero) is 1. The average molecular weight is 210 g/mol. The first kappa shape index (κ1) is 8.74. The van der Waals surface area contributed by atoms with Crippen molar-refractivity contribution >= 4 is 11.4 Å².